The molecular formula is C7H10NNaO3S2. The molecule has 2 N–H and O–H groups in total. The van der Waals surface area contributed by atoms with Crippen molar-refractivity contribution in [3.8, 4) is 0 Å². The Labute approximate surface area is 111 Å². The quantitative estimate of drug-likeness (QED) is 0.338. The average molecular weight is 243 g/mol. The molecule has 7 heteroatoms. The fourth-order valence-corrected chi connectivity index (χ4v) is 1.62. The van der Waals surface area contributed by atoms with Gasteiger partial charge in [0.1, 0.15) is 0 Å². The van der Waals surface area contributed by atoms with Crippen molar-refractivity contribution in [2.75, 3.05) is 12.8 Å². The number of hydrogen-bond donors (Lipinski definition) is 2. The average Bonchev–Trinajstić information content (AvgIpc) is 2.09. The van der Waals surface area contributed by atoms with Crippen molar-refractivity contribution in [3.05, 3.63) is 18.2 Å². The van der Waals surface area contributed by atoms with Crippen molar-refractivity contribution in [1.82, 2.24) is 0 Å². The van der Waals surface area contributed by atoms with Crippen LogP contribution in [0.3, 0.4) is 0 Å². The monoisotopic (exact) mass is 243 g/mol. The predicted molar refractivity (Wildman–Crippen MR) is 59.5 cm³/mol. The van der Waals surface area contributed by atoms with E-state index >= 15 is 0 Å². The number of thiol groups is 1. The topological polar surface area (TPSA) is 69.4 Å². The van der Waals surface area contributed by atoms with E-state index in [2.05, 4.69) is 16.8 Å². The fourth-order valence-electron chi connectivity index (χ4n) is 0.784. The molecule has 14 heavy (non-hydrogen) atoms. The Bertz CT molecular complexity index is 419. The van der Waals surface area contributed by atoms with Gasteiger partial charge < -0.3 is 5.73 Å². The normalized spacial score (nSPS) is 10.7. The molecule has 0 atom stereocenters. The van der Waals surface area contributed by atoms with Crippen molar-refractivity contribution in [2.45, 2.75) is 9.79 Å². The van der Waals surface area contributed by atoms with Gasteiger partial charge >= 0.3 is 29.6 Å². The Kier molecular flexibility index (Phi) is 5.50. The molecule has 0 heterocycles. The molecule has 1 rings (SSSR count). The van der Waals surface area contributed by atoms with Gasteiger partial charge in [-0.1, -0.05) is 0 Å². The van der Waals surface area contributed by atoms with Crippen molar-refractivity contribution in [1.29, 1.82) is 0 Å². The summed E-state index contributed by atoms with van der Waals surface area (Å²) < 4.78 is 26.6. The van der Waals surface area contributed by atoms with E-state index in [0.29, 0.717) is 10.6 Å². The zero-order chi connectivity index (χ0) is 10.1. The van der Waals surface area contributed by atoms with Crippen LogP contribution in [0.25, 0.3) is 0 Å². The zero-order valence-corrected chi connectivity index (χ0v) is 8.60. The minimum absolute atomic E-state index is 0. The second-order valence-electron chi connectivity index (χ2n) is 2.34. The van der Waals surface area contributed by atoms with Gasteiger partial charge in [0.2, 0.25) is 0 Å². The van der Waals surface area contributed by atoms with Crippen molar-refractivity contribution >= 4 is 58.0 Å². The molecule has 1 aromatic rings. The molecule has 0 aliphatic carbocycles. The van der Waals surface area contributed by atoms with Gasteiger partial charge in [-0.3, -0.25) is 4.18 Å². The SMILES string of the molecule is COS(=O)(=O)c1ccc(S)c(N)c1.[NaH]. The Morgan fingerprint density at radius 1 is 1.43 bits per heavy atom. The van der Waals surface area contributed by atoms with E-state index in [0.717, 1.165) is 7.11 Å². The minimum atomic E-state index is -3.65. The van der Waals surface area contributed by atoms with E-state index in [4.69, 9.17) is 5.73 Å². The van der Waals surface area contributed by atoms with E-state index in [1.807, 2.05) is 0 Å². The van der Waals surface area contributed by atoms with Gasteiger partial charge in [0.05, 0.1) is 12.0 Å². The molecule has 0 saturated heterocycles. The number of anilines is 1. The molecule has 0 aliphatic rings. The number of nitrogens with two attached hydrogens (primary N) is 1. The molecule has 0 unspecified atom stereocenters. The van der Waals surface area contributed by atoms with Gasteiger partial charge in [-0.2, -0.15) is 8.42 Å². The third kappa shape index (κ3) is 3.15. The Hall–Kier alpha value is 0.280. The molecule has 4 nitrogen and oxygen atoms in total. The third-order valence-corrected chi connectivity index (χ3v) is 3.18. The van der Waals surface area contributed by atoms with Gasteiger partial charge in [0.15, 0.2) is 0 Å². The molecule has 0 saturated carbocycles. The molecule has 0 aliphatic heterocycles. The van der Waals surface area contributed by atoms with Crippen LogP contribution < -0.4 is 5.73 Å². The first kappa shape index (κ1) is 14.3. The van der Waals surface area contributed by atoms with Gasteiger partial charge in [-0.15, -0.1) is 12.6 Å². The van der Waals surface area contributed by atoms with Crippen LogP contribution in [0.5, 0.6) is 0 Å². The van der Waals surface area contributed by atoms with Crippen LogP contribution in [0.2, 0.25) is 0 Å². The van der Waals surface area contributed by atoms with Crippen LogP contribution in [0, 0.1) is 0 Å². The van der Waals surface area contributed by atoms with Crippen LogP contribution >= 0.6 is 12.6 Å². The van der Waals surface area contributed by atoms with Crippen LogP contribution in [-0.2, 0) is 14.3 Å². The summed E-state index contributed by atoms with van der Waals surface area (Å²) in [4.78, 5) is 0.570. The summed E-state index contributed by atoms with van der Waals surface area (Å²) in [6.45, 7) is 0. The predicted octanol–water partition coefficient (Wildman–Crippen LogP) is 0.244. The van der Waals surface area contributed by atoms with Crippen molar-refractivity contribution in [2.24, 2.45) is 0 Å². The fraction of sp³-hybridized carbons (Fsp3) is 0.143. The standard InChI is InChI=1S/C7H9NO3S2.Na.H/c1-11-13(9,10)5-2-3-7(12)6(8)4-5;;/h2-4,12H,8H2,1H3;;. The molecule has 0 amide bonds. The Morgan fingerprint density at radius 2 is 2.00 bits per heavy atom. The summed E-state index contributed by atoms with van der Waals surface area (Å²) in [5.74, 6) is 0. The number of benzene rings is 1. The van der Waals surface area contributed by atoms with E-state index in [1.54, 1.807) is 0 Å². The zero-order valence-electron chi connectivity index (χ0n) is 6.89. The molecule has 0 spiro atoms. The van der Waals surface area contributed by atoms with Crippen LogP contribution in [0.4, 0.5) is 5.69 Å². The second-order valence-corrected chi connectivity index (χ2v) is 4.54. The first-order valence-electron chi connectivity index (χ1n) is 3.36. The van der Waals surface area contributed by atoms with Crippen LogP contribution in [-0.4, -0.2) is 45.1 Å². The first-order chi connectivity index (χ1) is 5.97. The number of rotatable bonds is 2. The molecule has 0 radical (unpaired) electrons. The Morgan fingerprint density at radius 3 is 2.43 bits per heavy atom. The van der Waals surface area contributed by atoms with Crippen molar-refractivity contribution in [3.63, 3.8) is 0 Å². The van der Waals surface area contributed by atoms with Gasteiger partial charge in [0, 0.05) is 10.6 Å². The maximum absolute atomic E-state index is 11.2. The Balaban J connectivity index is 0.00000169. The molecule has 0 fully saturated rings. The van der Waals surface area contributed by atoms with E-state index in [1.165, 1.54) is 18.2 Å². The summed E-state index contributed by atoms with van der Waals surface area (Å²) >= 11 is 4.01. The van der Waals surface area contributed by atoms with E-state index in [9.17, 15) is 8.42 Å². The summed E-state index contributed by atoms with van der Waals surface area (Å²) in [6, 6.07) is 4.20. The van der Waals surface area contributed by atoms with E-state index in [-0.39, 0.29) is 34.5 Å². The molecule has 74 valence electrons. The van der Waals surface area contributed by atoms with E-state index < -0.39 is 10.1 Å². The van der Waals surface area contributed by atoms with Gasteiger partial charge in [-0.25, -0.2) is 0 Å². The van der Waals surface area contributed by atoms with Gasteiger partial charge in [0.25, 0.3) is 10.1 Å². The van der Waals surface area contributed by atoms with Crippen molar-refractivity contribution < 1.29 is 12.6 Å². The third-order valence-electron chi connectivity index (χ3n) is 1.51. The summed E-state index contributed by atoms with van der Waals surface area (Å²) in [7, 11) is -2.55. The van der Waals surface area contributed by atoms with Gasteiger partial charge in [-0.05, 0) is 18.2 Å². The summed E-state index contributed by atoms with van der Waals surface area (Å²) in [5, 5.41) is 0. The summed E-state index contributed by atoms with van der Waals surface area (Å²) in [6.07, 6.45) is 0. The second kappa shape index (κ2) is 5.39. The molecule has 0 aromatic heterocycles. The first-order valence-corrected chi connectivity index (χ1v) is 5.22. The summed E-state index contributed by atoms with van der Waals surface area (Å²) in [5.41, 5.74) is 5.78. The molecule has 0 bridgehead atoms. The molecular weight excluding hydrogens is 233 g/mol. The number of hydrogen-bond acceptors (Lipinski definition) is 5. The van der Waals surface area contributed by atoms with Crippen LogP contribution in [0.15, 0.2) is 28.0 Å². The molecule has 1 aromatic carbocycles. The van der Waals surface area contributed by atoms with Crippen LogP contribution in [0.1, 0.15) is 0 Å². The number of nitrogen functional groups attached to an aromatic ring is 1. The maximum atomic E-state index is 11.2.